The van der Waals surface area contributed by atoms with E-state index in [0.717, 1.165) is 43.2 Å². The Morgan fingerprint density at radius 2 is 2.29 bits per heavy atom. The van der Waals surface area contributed by atoms with Gasteiger partial charge in [0.15, 0.2) is 0 Å². The Morgan fingerprint density at radius 1 is 1.33 bits per heavy atom. The van der Waals surface area contributed by atoms with Gasteiger partial charge in [0, 0.05) is 37.7 Å². The van der Waals surface area contributed by atoms with Crippen LogP contribution in [0.2, 0.25) is 0 Å². The summed E-state index contributed by atoms with van der Waals surface area (Å²) < 4.78 is 0. The van der Waals surface area contributed by atoms with Crippen LogP contribution in [0.4, 0.5) is 17.5 Å². The van der Waals surface area contributed by atoms with Gasteiger partial charge in [-0.15, -0.1) is 0 Å². The number of rotatable bonds is 4. The first-order valence-electron chi connectivity index (χ1n) is 8.14. The summed E-state index contributed by atoms with van der Waals surface area (Å²) >= 11 is 0. The van der Waals surface area contributed by atoms with Gasteiger partial charge in [-0.25, -0.2) is 4.98 Å². The van der Waals surface area contributed by atoms with Crippen molar-refractivity contribution in [2.45, 2.75) is 12.6 Å². The fraction of sp³-hybridized carbons (Fsp3) is 0.353. The highest BCUT2D eigenvalue weighted by molar-refractivity contribution is 5.86. The van der Waals surface area contributed by atoms with Gasteiger partial charge in [0.05, 0.1) is 19.2 Å². The Morgan fingerprint density at radius 3 is 3.21 bits per heavy atom. The number of aromatic nitrogens is 2. The van der Waals surface area contributed by atoms with Gasteiger partial charge in [0.25, 0.3) is 0 Å². The Bertz CT molecular complexity index is 762. The lowest BCUT2D eigenvalue weighted by Gasteiger charge is -2.35. The number of aliphatic hydroxyl groups excluding tert-OH is 1. The maximum absolute atomic E-state index is 9.55. The number of nitrogens with zero attached hydrogens (tertiary/aromatic N) is 4. The molecule has 2 aliphatic heterocycles. The molecular formula is C17H20N6O. The molecule has 1 unspecified atom stereocenters. The smallest absolute Gasteiger partial charge is 0.227 e. The molecule has 1 atom stereocenters. The normalized spacial score (nSPS) is 19.4. The van der Waals surface area contributed by atoms with Gasteiger partial charge in [-0.1, -0.05) is 6.07 Å². The molecule has 1 aromatic heterocycles. The van der Waals surface area contributed by atoms with Crippen LogP contribution in [0.15, 0.2) is 35.5 Å². The molecule has 0 bridgehead atoms. The zero-order valence-corrected chi connectivity index (χ0v) is 13.3. The van der Waals surface area contributed by atoms with Crippen LogP contribution in [0.25, 0.3) is 0 Å². The number of aliphatic imine (C=N–C) groups is 1. The third-order valence-electron chi connectivity index (χ3n) is 4.37. The largest absolute Gasteiger partial charge is 0.394 e. The van der Waals surface area contributed by atoms with Gasteiger partial charge in [-0.3, -0.25) is 4.99 Å². The monoisotopic (exact) mass is 324 g/mol. The van der Waals surface area contributed by atoms with E-state index in [4.69, 9.17) is 0 Å². The summed E-state index contributed by atoms with van der Waals surface area (Å²) in [6.45, 7) is 3.23. The van der Waals surface area contributed by atoms with Crippen molar-refractivity contribution in [3.63, 3.8) is 0 Å². The fourth-order valence-corrected chi connectivity index (χ4v) is 3.07. The molecule has 1 aromatic carbocycles. The number of nitrogens with one attached hydrogen (secondary N) is 2. The van der Waals surface area contributed by atoms with Crippen molar-refractivity contribution in [3.05, 3.63) is 41.6 Å². The molecule has 0 saturated carbocycles. The van der Waals surface area contributed by atoms with E-state index >= 15 is 0 Å². The maximum atomic E-state index is 9.55. The van der Waals surface area contributed by atoms with E-state index in [2.05, 4.69) is 42.6 Å². The third kappa shape index (κ3) is 2.95. The highest BCUT2D eigenvalue weighted by atomic mass is 16.3. The average Bonchev–Trinajstić information content (AvgIpc) is 3.10. The summed E-state index contributed by atoms with van der Waals surface area (Å²) in [4.78, 5) is 15.3. The lowest BCUT2D eigenvalue weighted by molar-refractivity contribution is 0.245. The minimum atomic E-state index is 0.00482. The van der Waals surface area contributed by atoms with E-state index < -0.39 is 0 Å². The van der Waals surface area contributed by atoms with E-state index in [0.29, 0.717) is 5.95 Å². The Hall–Kier alpha value is -2.51. The summed E-state index contributed by atoms with van der Waals surface area (Å²) in [5.41, 5.74) is 3.37. The van der Waals surface area contributed by atoms with Crippen LogP contribution >= 0.6 is 0 Å². The van der Waals surface area contributed by atoms with Gasteiger partial charge in [0.2, 0.25) is 5.95 Å². The molecule has 1 fully saturated rings. The zero-order valence-electron chi connectivity index (χ0n) is 13.3. The molecule has 2 aliphatic rings. The summed E-state index contributed by atoms with van der Waals surface area (Å²) in [5, 5.41) is 16.2. The van der Waals surface area contributed by atoms with Crippen molar-refractivity contribution >= 4 is 23.7 Å². The first-order chi connectivity index (χ1) is 11.8. The summed E-state index contributed by atoms with van der Waals surface area (Å²) in [7, 11) is 0. The van der Waals surface area contributed by atoms with Crippen molar-refractivity contribution < 1.29 is 5.11 Å². The highest BCUT2D eigenvalue weighted by Crippen LogP contribution is 2.23. The molecule has 24 heavy (non-hydrogen) atoms. The lowest BCUT2D eigenvalue weighted by Crippen LogP contribution is -2.53. The first-order valence-corrected chi connectivity index (χ1v) is 8.14. The molecule has 4 rings (SSSR count). The van der Waals surface area contributed by atoms with Gasteiger partial charge in [-0.2, -0.15) is 4.98 Å². The van der Waals surface area contributed by atoms with Crippen LogP contribution in [0.3, 0.4) is 0 Å². The molecule has 3 N–H and O–H groups in total. The molecule has 0 spiro atoms. The van der Waals surface area contributed by atoms with Crippen molar-refractivity contribution in [1.82, 2.24) is 15.3 Å². The van der Waals surface area contributed by atoms with Crippen LogP contribution in [0.5, 0.6) is 0 Å². The molecule has 7 nitrogen and oxygen atoms in total. The molecule has 0 aliphatic carbocycles. The van der Waals surface area contributed by atoms with Crippen LogP contribution in [0, 0.1) is 0 Å². The SMILES string of the molecule is OCC1CNCCN1c1nccc(Nc2ccc3c(c2)C=NC3)n1. The second-order valence-corrected chi connectivity index (χ2v) is 5.98. The molecule has 0 radical (unpaired) electrons. The highest BCUT2D eigenvalue weighted by Gasteiger charge is 2.23. The average molecular weight is 324 g/mol. The maximum Gasteiger partial charge on any atom is 0.227 e. The summed E-state index contributed by atoms with van der Waals surface area (Å²) in [6, 6.07) is 8.06. The number of hydrogen-bond acceptors (Lipinski definition) is 7. The Balaban J connectivity index is 1.55. The van der Waals surface area contributed by atoms with Gasteiger partial charge >= 0.3 is 0 Å². The predicted octanol–water partition coefficient (Wildman–Crippen LogP) is 0.923. The molecular weight excluding hydrogens is 304 g/mol. The van der Waals surface area contributed by atoms with Gasteiger partial charge < -0.3 is 20.6 Å². The molecule has 3 heterocycles. The van der Waals surface area contributed by atoms with Gasteiger partial charge in [0.1, 0.15) is 5.82 Å². The van der Waals surface area contributed by atoms with E-state index in [-0.39, 0.29) is 12.6 Å². The molecule has 7 heteroatoms. The number of benzene rings is 1. The fourth-order valence-electron chi connectivity index (χ4n) is 3.07. The topological polar surface area (TPSA) is 85.7 Å². The second kappa shape index (κ2) is 6.54. The number of anilines is 3. The van der Waals surface area contributed by atoms with Crippen LogP contribution < -0.4 is 15.5 Å². The summed E-state index contributed by atoms with van der Waals surface area (Å²) in [6.07, 6.45) is 3.65. The predicted molar refractivity (Wildman–Crippen MR) is 94.1 cm³/mol. The lowest BCUT2D eigenvalue weighted by atomic mass is 10.1. The standard InChI is InChI=1S/C17H20N6O/c24-11-15-10-18-5-6-23(15)17-20-4-3-16(22-17)21-14-2-1-12-8-19-9-13(12)7-14/h1-4,7,9,15,18,24H,5-6,8,10-11H2,(H,20,21,22). The molecule has 1 saturated heterocycles. The van der Waals surface area contributed by atoms with E-state index in [9.17, 15) is 5.11 Å². The van der Waals surface area contributed by atoms with Crippen molar-refractivity contribution in [1.29, 1.82) is 0 Å². The van der Waals surface area contributed by atoms with Crippen molar-refractivity contribution in [2.75, 3.05) is 36.5 Å². The molecule has 124 valence electrons. The van der Waals surface area contributed by atoms with E-state index in [1.165, 1.54) is 5.56 Å². The Labute approximate surface area is 140 Å². The van der Waals surface area contributed by atoms with Gasteiger partial charge in [-0.05, 0) is 29.3 Å². The van der Waals surface area contributed by atoms with Crippen molar-refractivity contribution in [3.8, 4) is 0 Å². The minimum absolute atomic E-state index is 0.00482. The minimum Gasteiger partial charge on any atom is -0.394 e. The molecule has 2 aromatic rings. The molecule has 0 amide bonds. The summed E-state index contributed by atoms with van der Waals surface area (Å²) in [5.74, 6) is 1.38. The van der Waals surface area contributed by atoms with E-state index in [1.54, 1.807) is 6.20 Å². The number of aliphatic hydroxyl groups is 1. The first kappa shape index (κ1) is 15.0. The quantitative estimate of drug-likeness (QED) is 0.775. The van der Waals surface area contributed by atoms with Crippen LogP contribution in [0.1, 0.15) is 11.1 Å². The Kier molecular flexibility index (Phi) is 4.10. The van der Waals surface area contributed by atoms with E-state index in [1.807, 2.05) is 18.3 Å². The number of fused-ring (bicyclic) bond motifs is 1. The van der Waals surface area contributed by atoms with Crippen LogP contribution in [-0.4, -0.2) is 53.6 Å². The number of hydrogen-bond donors (Lipinski definition) is 3. The van der Waals surface area contributed by atoms with Crippen LogP contribution in [-0.2, 0) is 6.54 Å². The number of piperazine rings is 1. The zero-order chi connectivity index (χ0) is 16.4. The third-order valence-corrected chi connectivity index (χ3v) is 4.37. The van der Waals surface area contributed by atoms with Crippen molar-refractivity contribution in [2.24, 2.45) is 4.99 Å². The second-order valence-electron chi connectivity index (χ2n) is 5.98.